The molecule has 0 aliphatic rings. The molecule has 0 N–H and O–H groups in total. The Hall–Kier alpha value is -3.32. The lowest BCUT2D eigenvalue weighted by atomic mass is 10.2. The fraction of sp³-hybridized carbons (Fsp3) is 0. The summed E-state index contributed by atoms with van der Waals surface area (Å²) in [4.78, 5) is 13.3. The van der Waals surface area contributed by atoms with E-state index in [-0.39, 0.29) is 28.6 Å². The molecule has 1 heterocycles. The number of tetrazole rings is 1. The second kappa shape index (κ2) is 10.5. The van der Waals surface area contributed by atoms with Crippen LogP contribution in [0.4, 0.5) is 5.69 Å². The zero-order valence-electron chi connectivity index (χ0n) is 17.0. The van der Waals surface area contributed by atoms with Gasteiger partial charge in [0.1, 0.15) is 34.2 Å². The molecule has 0 amide bonds. The van der Waals surface area contributed by atoms with E-state index in [0.29, 0.717) is 11.4 Å². The van der Waals surface area contributed by atoms with Gasteiger partial charge >= 0.3 is 5.82 Å². The summed E-state index contributed by atoms with van der Waals surface area (Å²) in [5, 5.41) is 19.9. The fourth-order valence-electron chi connectivity index (χ4n) is 2.97. The topological polar surface area (TPSA) is 176 Å². The molecule has 0 saturated carbocycles. The van der Waals surface area contributed by atoms with Gasteiger partial charge in [-0.15, -0.1) is 0 Å². The van der Waals surface area contributed by atoms with Gasteiger partial charge in [0, 0.05) is 26.6 Å². The van der Waals surface area contributed by atoms with Crippen molar-refractivity contribution in [3.8, 4) is 34.3 Å². The number of nitro benzene ring substituents is 1. The molecule has 4 aromatic rings. The first-order valence-corrected chi connectivity index (χ1v) is 12.4. The van der Waals surface area contributed by atoms with Gasteiger partial charge < -0.3 is 17.5 Å². The van der Waals surface area contributed by atoms with Crippen molar-refractivity contribution in [2.45, 2.75) is 0 Å². The normalized spacial score (nSPS) is 12.7. The van der Waals surface area contributed by atoms with Gasteiger partial charge in [0.2, 0.25) is 0 Å². The van der Waals surface area contributed by atoms with Crippen LogP contribution in [-0.4, -0.2) is 37.4 Å². The SMILES string of the molecule is O=[N+]([O-])c1ccc(-[n+]2nc(-c3ccc(OS(=O)[O-])cc3OS(=O)[O-])nn2-c2ccc(I)cc2)cc1. The zero-order valence-corrected chi connectivity index (χ0v) is 20.8. The highest BCUT2D eigenvalue weighted by atomic mass is 127. The van der Waals surface area contributed by atoms with Crippen molar-refractivity contribution in [2.24, 2.45) is 0 Å². The monoisotopic (exact) mass is 628 g/mol. The average molecular weight is 628 g/mol. The summed E-state index contributed by atoms with van der Waals surface area (Å²) in [5.41, 5.74) is 0.997. The molecular formula is C19H11IN5O8S2-. The van der Waals surface area contributed by atoms with E-state index < -0.39 is 27.6 Å². The molecule has 0 bridgehead atoms. The number of rotatable bonds is 8. The molecule has 0 radical (unpaired) electrons. The standard InChI is InChI=1S/C19H12IN5O8S2/c20-12-1-3-13(4-2-12)23-21-19(22-24(23)14-5-7-15(8-6-14)25(26)27)17-10-9-16(32-34(28)29)11-18(17)33-35(30)31/h1-11H,(H-,28,29,30,31)/p-1. The van der Waals surface area contributed by atoms with E-state index in [0.717, 1.165) is 9.64 Å². The van der Waals surface area contributed by atoms with E-state index in [9.17, 15) is 27.6 Å². The lowest BCUT2D eigenvalue weighted by Crippen LogP contribution is -2.43. The fourth-order valence-corrected chi connectivity index (χ4v) is 3.87. The molecule has 180 valence electrons. The maximum absolute atomic E-state index is 11.2. The molecule has 1 aromatic heterocycles. The average Bonchev–Trinajstić information content (AvgIpc) is 3.24. The third kappa shape index (κ3) is 5.85. The van der Waals surface area contributed by atoms with Crippen LogP contribution in [-0.2, 0) is 22.7 Å². The van der Waals surface area contributed by atoms with Crippen LogP contribution in [0.3, 0.4) is 0 Å². The Morgan fingerprint density at radius 1 is 0.943 bits per heavy atom. The third-order valence-corrected chi connectivity index (χ3v) is 5.79. The summed E-state index contributed by atoms with van der Waals surface area (Å²) >= 11 is -3.75. The quantitative estimate of drug-likeness (QED) is 0.0923. The van der Waals surface area contributed by atoms with Crippen LogP contribution in [0.2, 0.25) is 0 Å². The number of nitro groups is 1. The summed E-state index contributed by atoms with van der Waals surface area (Å²) in [5.74, 6) is -0.461. The lowest BCUT2D eigenvalue weighted by molar-refractivity contribution is -0.734. The van der Waals surface area contributed by atoms with Gasteiger partial charge in [-0.25, -0.2) is 8.42 Å². The Morgan fingerprint density at radius 3 is 2.20 bits per heavy atom. The van der Waals surface area contributed by atoms with Crippen LogP contribution in [0.5, 0.6) is 11.5 Å². The number of hydrogen-bond acceptors (Lipinski definition) is 10. The van der Waals surface area contributed by atoms with Crippen molar-refractivity contribution >= 4 is 51.0 Å². The first kappa shape index (κ1) is 24.8. The number of halogens is 1. The van der Waals surface area contributed by atoms with Crippen molar-refractivity contribution in [3.63, 3.8) is 0 Å². The van der Waals surface area contributed by atoms with Crippen molar-refractivity contribution in [2.75, 3.05) is 0 Å². The highest BCUT2D eigenvalue weighted by Crippen LogP contribution is 2.32. The van der Waals surface area contributed by atoms with E-state index in [4.69, 9.17) is 4.18 Å². The zero-order chi connectivity index (χ0) is 25.1. The molecular weight excluding hydrogens is 617 g/mol. The van der Waals surface area contributed by atoms with Gasteiger partial charge in [-0.1, -0.05) is 0 Å². The number of nitrogens with zero attached hydrogens (tertiary/aromatic N) is 5. The molecule has 0 fully saturated rings. The molecule has 3 aromatic carbocycles. The number of hydrogen-bond donors (Lipinski definition) is 0. The van der Waals surface area contributed by atoms with Gasteiger partial charge in [-0.2, -0.15) is 0 Å². The second-order valence-electron chi connectivity index (χ2n) is 6.59. The largest absolute Gasteiger partial charge is 0.740 e. The summed E-state index contributed by atoms with van der Waals surface area (Å²) < 4.78 is 54.5. The molecule has 2 unspecified atom stereocenters. The Labute approximate surface area is 215 Å². The lowest BCUT2D eigenvalue weighted by Gasteiger charge is -2.12. The maximum atomic E-state index is 11.2. The molecule has 35 heavy (non-hydrogen) atoms. The molecule has 2 atom stereocenters. The Bertz CT molecular complexity index is 1450. The van der Waals surface area contributed by atoms with E-state index in [2.05, 4.69) is 37.0 Å². The predicted molar refractivity (Wildman–Crippen MR) is 127 cm³/mol. The highest BCUT2D eigenvalue weighted by molar-refractivity contribution is 14.1. The van der Waals surface area contributed by atoms with Crippen LogP contribution < -0.4 is 13.2 Å². The first-order valence-electron chi connectivity index (χ1n) is 9.31. The predicted octanol–water partition coefficient (Wildman–Crippen LogP) is 2.07. The Balaban J connectivity index is 1.88. The van der Waals surface area contributed by atoms with Crippen LogP contribution in [0.25, 0.3) is 22.8 Å². The number of benzene rings is 3. The van der Waals surface area contributed by atoms with Crippen LogP contribution >= 0.6 is 22.6 Å². The summed E-state index contributed by atoms with van der Waals surface area (Å²) in [6.45, 7) is 0. The van der Waals surface area contributed by atoms with Crippen molar-refractivity contribution < 1.29 is 35.6 Å². The van der Waals surface area contributed by atoms with E-state index in [1.807, 2.05) is 12.1 Å². The molecule has 16 heteroatoms. The second-order valence-corrected chi connectivity index (χ2v) is 8.98. The summed E-state index contributed by atoms with van der Waals surface area (Å²) in [7, 11) is 0. The van der Waals surface area contributed by atoms with Gasteiger partial charge in [0.05, 0.1) is 15.6 Å². The van der Waals surface area contributed by atoms with Gasteiger partial charge in [0.15, 0.2) is 11.4 Å². The van der Waals surface area contributed by atoms with E-state index in [1.54, 1.807) is 12.1 Å². The molecule has 0 spiro atoms. The summed E-state index contributed by atoms with van der Waals surface area (Å²) in [6, 6.07) is 16.4. The van der Waals surface area contributed by atoms with E-state index >= 15 is 0 Å². The summed E-state index contributed by atoms with van der Waals surface area (Å²) in [6.07, 6.45) is 0. The van der Waals surface area contributed by atoms with E-state index in [1.165, 1.54) is 46.0 Å². The van der Waals surface area contributed by atoms with Crippen molar-refractivity contribution in [3.05, 3.63) is 80.4 Å². The van der Waals surface area contributed by atoms with Crippen LogP contribution in [0, 0.1) is 13.7 Å². The molecule has 4 rings (SSSR count). The maximum Gasteiger partial charge on any atom is 0.343 e. The first-order chi connectivity index (χ1) is 16.7. The van der Waals surface area contributed by atoms with Gasteiger partial charge in [-0.05, 0) is 81.0 Å². The minimum absolute atomic E-state index is 0.0112. The molecule has 0 aliphatic heterocycles. The van der Waals surface area contributed by atoms with Crippen molar-refractivity contribution in [1.82, 2.24) is 15.0 Å². The Morgan fingerprint density at radius 2 is 1.60 bits per heavy atom. The minimum atomic E-state index is -3.00. The number of non-ortho nitro benzene ring substituents is 1. The van der Waals surface area contributed by atoms with Crippen molar-refractivity contribution in [1.29, 1.82) is 0 Å². The van der Waals surface area contributed by atoms with Gasteiger partial charge in [0.25, 0.3) is 5.69 Å². The molecule has 0 aliphatic carbocycles. The smallest absolute Gasteiger partial charge is 0.343 e. The third-order valence-electron chi connectivity index (χ3n) is 4.42. The molecule has 0 saturated heterocycles. The van der Waals surface area contributed by atoms with Crippen LogP contribution in [0.15, 0.2) is 66.7 Å². The van der Waals surface area contributed by atoms with Crippen LogP contribution in [0.1, 0.15) is 0 Å². The van der Waals surface area contributed by atoms with Gasteiger partial charge in [-0.3, -0.25) is 10.1 Å². The Kier molecular flexibility index (Phi) is 7.45. The highest BCUT2D eigenvalue weighted by Gasteiger charge is 2.27. The minimum Gasteiger partial charge on any atom is -0.740 e. The molecule has 13 nitrogen and oxygen atoms in total. The number of aromatic nitrogens is 4.